The van der Waals surface area contributed by atoms with Crippen molar-refractivity contribution in [3.63, 3.8) is 0 Å². The molecule has 1 fully saturated rings. The van der Waals surface area contributed by atoms with Crippen molar-refractivity contribution < 1.29 is 4.74 Å². The van der Waals surface area contributed by atoms with Gasteiger partial charge in [0.1, 0.15) is 0 Å². The molecule has 1 rings (SSSR count). The van der Waals surface area contributed by atoms with E-state index in [1.54, 1.807) is 7.11 Å². The number of rotatable bonds is 6. The molecule has 3 heteroatoms. The number of hydrogen-bond donors (Lipinski definition) is 1. The molecule has 1 aliphatic rings. The zero-order valence-electron chi connectivity index (χ0n) is 11.2. The van der Waals surface area contributed by atoms with Gasteiger partial charge in [-0.05, 0) is 45.8 Å². The molecule has 1 heterocycles. The number of likely N-dealkylation sites (tertiary alicyclic amines) is 1. The van der Waals surface area contributed by atoms with Gasteiger partial charge in [-0.3, -0.25) is 0 Å². The summed E-state index contributed by atoms with van der Waals surface area (Å²) in [6.07, 6.45) is 6.36. The minimum Gasteiger partial charge on any atom is -0.383 e. The third kappa shape index (κ3) is 5.28. The summed E-state index contributed by atoms with van der Waals surface area (Å²) in [4.78, 5) is 2.44. The number of nitrogens with one attached hydrogen (secondary N) is 1. The molecule has 1 N–H and O–H groups in total. The highest BCUT2D eigenvalue weighted by molar-refractivity contribution is 4.77. The summed E-state index contributed by atoms with van der Waals surface area (Å²) in [7, 11) is 4.02. The Kier molecular flexibility index (Phi) is 7.01. The Labute approximate surface area is 101 Å². The first-order valence-electron chi connectivity index (χ1n) is 6.69. The normalized spacial score (nSPS) is 25.3. The van der Waals surface area contributed by atoms with Crippen molar-refractivity contribution in [2.75, 3.05) is 33.9 Å². The van der Waals surface area contributed by atoms with Crippen LogP contribution in [0.15, 0.2) is 0 Å². The highest BCUT2D eigenvalue weighted by atomic mass is 16.5. The van der Waals surface area contributed by atoms with E-state index in [-0.39, 0.29) is 0 Å². The Morgan fingerprint density at radius 2 is 2.19 bits per heavy atom. The van der Waals surface area contributed by atoms with Gasteiger partial charge in [-0.15, -0.1) is 0 Å². The molecule has 96 valence electrons. The molecule has 0 amide bonds. The lowest BCUT2D eigenvalue weighted by molar-refractivity contribution is 0.154. The zero-order chi connectivity index (χ0) is 11.8. The second kappa shape index (κ2) is 8.04. The quantitative estimate of drug-likeness (QED) is 0.751. The highest BCUT2D eigenvalue weighted by Crippen LogP contribution is 2.11. The molecule has 1 aliphatic heterocycles. The first-order chi connectivity index (χ1) is 7.76. The zero-order valence-corrected chi connectivity index (χ0v) is 11.2. The molecule has 3 nitrogen and oxygen atoms in total. The molecule has 0 aromatic heterocycles. The maximum absolute atomic E-state index is 5.28. The predicted octanol–water partition coefficient (Wildman–Crippen LogP) is 1.88. The summed E-state index contributed by atoms with van der Waals surface area (Å²) in [6.45, 7) is 5.57. The Balaban J connectivity index is 2.31. The Morgan fingerprint density at radius 3 is 2.88 bits per heavy atom. The van der Waals surface area contributed by atoms with E-state index in [0.29, 0.717) is 12.1 Å². The lowest BCUT2D eigenvalue weighted by atomic mass is 10.1. The molecule has 16 heavy (non-hydrogen) atoms. The molecule has 2 unspecified atom stereocenters. The molecule has 2 atom stereocenters. The monoisotopic (exact) mass is 228 g/mol. The van der Waals surface area contributed by atoms with Gasteiger partial charge in [0.2, 0.25) is 0 Å². The maximum Gasteiger partial charge on any atom is 0.0615 e. The Morgan fingerprint density at radius 1 is 1.38 bits per heavy atom. The summed E-state index contributed by atoms with van der Waals surface area (Å²) in [5, 5.41) is 3.77. The van der Waals surface area contributed by atoms with Crippen LogP contribution in [0.2, 0.25) is 0 Å². The first kappa shape index (κ1) is 13.9. The van der Waals surface area contributed by atoms with E-state index in [1.807, 2.05) is 0 Å². The van der Waals surface area contributed by atoms with Crippen molar-refractivity contribution in [3.8, 4) is 0 Å². The van der Waals surface area contributed by atoms with Crippen LogP contribution in [0.5, 0.6) is 0 Å². The summed E-state index contributed by atoms with van der Waals surface area (Å²) in [6, 6.07) is 1.24. The van der Waals surface area contributed by atoms with Gasteiger partial charge in [-0.25, -0.2) is 0 Å². The van der Waals surface area contributed by atoms with Gasteiger partial charge < -0.3 is 15.0 Å². The molecule has 0 spiro atoms. The summed E-state index contributed by atoms with van der Waals surface area (Å²) in [5.41, 5.74) is 0. The van der Waals surface area contributed by atoms with Crippen molar-refractivity contribution in [2.45, 2.75) is 51.1 Å². The van der Waals surface area contributed by atoms with Gasteiger partial charge in [0.15, 0.2) is 0 Å². The number of ether oxygens (including phenoxy) is 1. The van der Waals surface area contributed by atoms with Crippen LogP contribution in [-0.4, -0.2) is 50.8 Å². The second-order valence-electron chi connectivity index (χ2n) is 5.04. The maximum atomic E-state index is 5.28. The van der Waals surface area contributed by atoms with Crippen molar-refractivity contribution in [3.05, 3.63) is 0 Å². The van der Waals surface area contributed by atoms with Crippen molar-refractivity contribution in [1.82, 2.24) is 10.2 Å². The first-order valence-corrected chi connectivity index (χ1v) is 6.69. The fraction of sp³-hybridized carbons (Fsp3) is 1.00. The number of nitrogens with zero attached hydrogens (tertiary/aromatic N) is 1. The Hall–Kier alpha value is -0.120. The average Bonchev–Trinajstić information content (AvgIpc) is 2.45. The third-order valence-electron chi connectivity index (χ3n) is 3.43. The molecular weight excluding hydrogens is 200 g/mol. The van der Waals surface area contributed by atoms with Crippen LogP contribution >= 0.6 is 0 Å². The van der Waals surface area contributed by atoms with Crippen LogP contribution in [0, 0.1) is 0 Å². The van der Waals surface area contributed by atoms with Gasteiger partial charge >= 0.3 is 0 Å². The van der Waals surface area contributed by atoms with Gasteiger partial charge in [-0.1, -0.05) is 13.3 Å². The van der Waals surface area contributed by atoms with Crippen molar-refractivity contribution in [1.29, 1.82) is 0 Å². The fourth-order valence-corrected chi connectivity index (χ4v) is 2.50. The highest BCUT2D eigenvalue weighted by Gasteiger charge is 2.17. The lowest BCUT2D eigenvalue weighted by Gasteiger charge is -2.24. The van der Waals surface area contributed by atoms with Gasteiger partial charge in [0.05, 0.1) is 6.61 Å². The van der Waals surface area contributed by atoms with E-state index < -0.39 is 0 Å². The minimum absolute atomic E-state index is 0.545. The van der Waals surface area contributed by atoms with Crippen LogP contribution in [0.25, 0.3) is 0 Å². The minimum atomic E-state index is 0.545. The largest absolute Gasteiger partial charge is 0.383 e. The third-order valence-corrected chi connectivity index (χ3v) is 3.43. The standard InChI is InChI=1S/C13H28N2O/c1-4-6-13(11-16-3)14-12-7-5-9-15(2)10-8-12/h12-14H,4-11H2,1-3H3. The van der Waals surface area contributed by atoms with E-state index in [2.05, 4.69) is 24.2 Å². The lowest BCUT2D eigenvalue weighted by Crippen LogP contribution is -2.41. The summed E-state index contributed by atoms with van der Waals surface area (Å²) in [5.74, 6) is 0. The van der Waals surface area contributed by atoms with Crippen LogP contribution < -0.4 is 5.32 Å². The molecule has 0 aliphatic carbocycles. The van der Waals surface area contributed by atoms with Crippen LogP contribution in [0.3, 0.4) is 0 Å². The van der Waals surface area contributed by atoms with Gasteiger partial charge in [0, 0.05) is 19.2 Å². The smallest absolute Gasteiger partial charge is 0.0615 e. The number of hydrogen-bond acceptors (Lipinski definition) is 3. The Bertz CT molecular complexity index is 169. The van der Waals surface area contributed by atoms with Crippen molar-refractivity contribution >= 4 is 0 Å². The number of methoxy groups -OCH3 is 1. The van der Waals surface area contributed by atoms with Gasteiger partial charge in [-0.2, -0.15) is 0 Å². The molecule has 0 saturated carbocycles. The topological polar surface area (TPSA) is 24.5 Å². The van der Waals surface area contributed by atoms with E-state index in [9.17, 15) is 0 Å². The van der Waals surface area contributed by atoms with Crippen molar-refractivity contribution in [2.24, 2.45) is 0 Å². The molecular formula is C13H28N2O. The van der Waals surface area contributed by atoms with Gasteiger partial charge in [0.25, 0.3) is 0 Å². The van der Waals surface area contributed by atoms with Crippen LogP contribution in [-0.2, 0) is 4.74 Å². The summed E-state index contributed by atoms with van der Waals surface area (Å²) >= 11 is 0. The summed E-state index contributed by atoms with van der Waals surface area (Å²) < 4.78 is 5.28. The molecule has 0 aromatic carbocycles. The second-order valence-corrected chi connectivity index (χ2v) is 5.04. The SMILES string of the molecule is CCCC(COC)NC1CCCN(C)CC1. The molecule has 0 radical (unpaired) electrons. The molecule has 1 saturated heterocycles. The van der Waals surface area contributed by atoms with Crippen LogP contribution in [0.1, 0.15) is 39.0 Å². The fourth-order valence-electron chi connectivity index (χ4n) is 2.50. The predicted molar refractivity (Wildman–Crippen MR) is 68.8 cm³/mol. The van der Waals surface area contributed by atoms with E-state index in [0.717, 1.165) is 6.61 Å². The van der Waals surface area contributed by atoms with E-state index >= 15 is 0 Å². The average molecular weight is 228 g/mol. The molecule has 0 aromatic rings. The van der Waals surface area contributed by atoms with Crippen LogP contribution in [0.4, 0.5) is 0 Å². The van der Waals surface area contributed by atoms with E-state index in [1.165, 1.54) is 45.2 Å². The van der Waals surface area contributed by atoms with E-state index in [4.69, 9.17) is 4.74 Å². The molecule has 0 bridgehead atoms.